The normalized spacial score (nSPS) is 18.1. The van der Waals surface area contributed by atoms with Crippen LogP contribution in [0.15, 0.2) is 15.5 Å². The van der Waals surface area contributed by atoms with Crippen molar-refractivity contribution in [1.29, 1.82) is 0 Å². The molecule has 1 fully saturated rings. The minimum absolute atomic E-state index is 0. The molecule has 0 spiro atoms. The van der Waals surface area contributed by atoms with Crippen LogP contribution in [0.5, 0.6) is 0 Å². The second-order valence-electron chi connectivity index (χ2n) is 6.18. The van der Waals surface area contributed by atoms with Crippen LogP contribution in [0.4, 0.5) is 0 Å². The number of hydrogen-bond acceptors (Lipinski definition) is 2. The third-order valence-corrected chi connectivity index (χ3v) is 3.77. The van der Waals surface area contributed by atoms with E-state index in [4.69, 9.17) is 4.42 Å². The summed E-state index contributed by atoms with van der Waals surface area (Å²) >= 11 is 0. The van der Waals surface area contributed by atoms with Gasteiger partial charge in [0.1, 0.15) is 11.5 Å². The zero-order valence-corrected chi connectivity index (χ0v) is 15.4. The fraction of sp³-hybridized carbons (Fsp3) is 0.667. The summed E-state index contributed by atoms with van der Waals surface area (Å²) in [6, 6.07) is 2.09. The van der Waals surface area contributed by atoms with Crippen molar-refractivity contribution in [3.8, 4) is 0 Å². The van der Waals surface area contributed by atoms with Crippen molar-refractivity contribution in [2.45, 2.75) is 40.7 Å². The van der Waals surface area contributed by atoms with Crippen molar-refractivity contribution in [3.05, 3.63) is 23.2 Å². The predicted molar refractivity (Wildman–Crippen MR) is 93.8 cm³/mol. The van der Waals surface area contributed by atoms with Gasteiger partial charge in [0.15, 0.2) is 5.96 Å². The molecule has 2 rings (SSSR count). The number of aryl methyl sites for hydroxylation is 2. The first-order valence-corrected chi connectivity index (χ1v) is 6.93. The molecule has 114 valence electrons. The zero-order chi connectivity index (χ0) is 14.0. The molecule has 0 atom stereocenters. The molecule has 20 heavy (non-hydrogen) atoms. The van der Waals surface area contributed by atoms with Gasteiger partial charge in [-0.3, -0.25) is 4.99 Å². The maximum atomic E-state index is 5.55. The topological polar surface area (TPSA) is 40.8 Å². The van der Waals surface area contributed by atoms with Crippen molar-refractivity contribution in [1.82, 2.24) is 10.2 Å². The van der Waals surface area contributed by atoms with E-state index in [1.165, 1.54) is 12.0 Å². The van der Waals surface area contributed by atoms with Gasteiger partial charge in [0.05, 0.1) is 0 Å². The molecule has 1 aliphatic heterocycles. The average molecular weight is 391 g/mol. The van der Waals surface area contributed by atoms with Gasteiger partial charge in [-0.25, -0.2) is 0 Å². The van der Waals surface area contributed by atoms with Crippen LogP contribution in [0.25, 0.3) is 0 Å². The fourth-order valence-corrected chi connectivity index (χ4v) is 2.66. The lowest BCUT2D eigenvalue weighted by molar-refractivity contribution is 0.370. The van der Waals surface area contributed by atoms with E-state index in [0.717, 1.165) is 37.1 Å². The highest BCUT2D eigenvalue weighted by Gasteiger charge is 2.30. The molecule has 0 aliphatic carbocycles. The summed E-state index contributed by atoms with van der Waals surface area (Å²) in [5.74, 6) is 2.94. The van der Waals surface area contributed by atoms with E-state index in [1.807, 2.05) is 20.9 Å². The van der Waals surface area contributed by atoms with E-state index in [0.29, 0.717) is 5.41 Å². The summed E-state index contributed by atoms with van der Waals surface area (Å²) in [6.07, 6.45) is 1.22. The van der Waals surface area contributed by atoms with Crippen LogP contribution >= 0.6 is 24.0 Å². The van der Waals surface area contributed by atoms with Crippen molar-refractivity contribution >= 4 is 29.9 Å². The van der Waals surface area contributed by atoms with Crippen LogP contribution in [0.3, 0.4) is 0 Å². The highest BCUT2D eigenvalue weighted by Crippen LogP contribution is 2.28. The Morgan fingerprint density at radius 2 is 2.15 bits per heavy atom. The number of hydrogen-bond donors (Lipinski definition) is 1. The summed E-state index contributed by atoms with van der Waals surface area (Å²) in [5.41, 5.74) is 1.59. The van der Waals surface area contributed by atoms with Crippen LogP contribution in [0, 0.1) is 19.3 Å². The summed E-state index contributed by atoms with van der Waals surface area (Å²) in [7, 11) is 1.85. The lowest BCUT2D eigenvalue weighted by Gasteiger charge is -2.23. The molecule has 0 unspecified atom stereocenters. The summed E-state index contributed by atoms with van der Waals surface area (Å²) in [6.45, 7) is 11.5. The second kappa shape index (κ2) is 6.83. The summed E-state index contributed by atoms with van der Waals surface area (Å²) < 4.78 is 5.55. The third kappa shape index (κ3) is 4.14. The van der Waals surface area contributed by atoms with Gasteiger partial charge >= 0.3 is 0 Å². The van der Waals surface area contributed by atoms with Crippen molar-refractivity contribution < 1.29 is 4.42 Å². The van der Waals surface area contributed by atoms with E-state index in [-0.39, 0.29) is 24.0 Å². The molecule has 4 nitrogen and oxygen atoms in total. The maximum Gasteiger partial charge on any atom is 0.193 e. The maximum absolute atomic E-state index is 5.55. The Morgan fingerprint density at radius 3 is 2.60 bits per heavy atom. The number of likely N-dealkylation sites (tertiary alicyclic amines) is 1. The fourth-order valence-electron chi connectivity index (χ4n) is 2.66. The first kappa shape index (κ1) is 17.3. The van der Waals surface area contributed by atoms with Gasteiger partial charge in [0.25, 0.3) is 0 Å². The highest BCUT2D eigenvalue weighted by atomic mass is 127. The SMILES string of the molecule is CN=C(NCc1cc(C)oc1C)N1CCC(C)(C)C1.I. The molecule has 5 heteroatoms. The van der Waals surface area contributed by atoms with Crippen molar-refractivity contribution in [2.24, 2.45) is 10.4 Å². The standard InChI is InChI=1S/C15H25N3O.HI/c1-11-8-13(12(2)19-11)9-17-14(16-5)18-7-6-15(3,4)10-18;/h8H,6-7,9-10H2,1-5H3,(H,16,17);1H. The van der Waals surface area contributed by atoms with Gasteiger partial charge < -0.3 is 14.6 Å². The number of halogens is 1. The predicted octanol–water partition coefficient (Wildman–Crippen LogP) is 3.32. The number of nitrogens with zero attached hydrogens (tertiary/aromatic N) is 2. The minimum atomic E-state index is 0. The molecule has 1 aliphatic rings. The van der Waals surface area contributed by atoms with E-state index in [9.17, 15) is 0 Å². The Labute approximate surface area is 139 Å². The number of guanidine groups is 1. The first-order valence-electron chi connectivity index (χ1n) is 6.93. The van der Waals surface area contributed by atoms with E-state index in [2.05, 4.69) is 35.1 Å². The van der Waals surface area contributed by atoms with E-state index < -0.39 is 0 Å². The van der Waals surface area contributed by atoms with E-state index >= 15 is 0 Å². The molecule has 1 N–H and O–H groups in total. The Hall–Kier alpha value is -0.720. The quantitative estimate of drug-likeness (QED) is 0.478. The Balaban J connectivity index is 0.00000200. The van der Waals surface area contributed by atoms with Gasteiger partial charge in [0.2, 0.25) is 0 Å². The van der Waals surface area contributed by atoms with Crippen molar-refractivity contribution in [3.63, 3.8) is 0 Å². The number of aliphatic imine (C=N–C) groups is 1. The van der Waals surface area contributed by atoms with Gasteiger partial charge in [-0.2, -0.15) is 0 Å². The molecule has 0 amide bonds. The zero-order valence-electron chi connectivity index (χ0n) is 13.1. The average Bonchev–Trinajstić information content (AvgIpc) is 2.83. The van der Waals surface area contributed by atoms with Crippen LogP contribution in [-0.2, 0) is 6.54 Å². The molecule has 0 aromatic carbocycles. The molecular formula is C15H26IN3O. The summed E-state index contributed by atoms with van der Waals surface area (Å²) in [5, 5.41) is 3.44. The lowest BCUT2D eigenvalue weighted by Crippen LogP contribution is -2.40. The third-order valence-electron chi connectivity index (χ3n) is 3.77. The smallest absolute Gasteiger partial charge is 0.193 e. The minimum Gasteiger partial charge on any atom is -0.466 e. The molecular weight excluding hydrogens is 365 g/mol. The molecule has 0 saturated carbocycles. The molecule has 0 radical (unpaired) electrons. The second-order valence-corrected chi connectivity index (χ2v) is 6.18. The van der Waals surface area contributed by atoms with Gasteiger partial charge in [-0.1, -0.05) is 13.8 Å². The number of nitrogens with one attached hydrogen (secondary N) is 1. The van der Waals surface area contributed by atoms with Crippen LogP contribution < -0.4 is 5.32 Å². The highest BCUT2D eigenvalue weighted by molar-refractivity contribution is 14.0. The largest absolute Gasteiger partial charge is 0.466 e. The van der Waals surface area contributed by atoms with Crippen LogP contribution in [0.2, 0.25) is 0 Å². The van der Waals surface area contributed by atoms with Gasteiger partial charge in [-0.05, 0) is 31.7 Å². The van der Waals surface area contributed by atoms with Gasteiger partial charge in [0, 0.05) is 32.2 Å². The van der Waals surface area contributed by atoms with Gasteiger partial charge in [-0.15, -0.1) is 24.0 Å². The lowest BCUT2D eigenvalue weighted by atomic mass is 9.93. The monoisotopic (exact) mass is 391 g/mol. The molecule has 0 bridgehead atoms. The Kier molecular flexibility index (Phi) is 5.91. The Morgan fingerprint density at radius 1 is 1.45 bits per heavy atom. The number of furan rings is 1. The number of rotatable bonds is 2. The molecule has 1 saturated heterocycles. The Bertz CT molecular complexity index is 479. The van der Waals surface area contributed by atoms with Crippen molar-refractivity contribution in [2.75, 3.05) is 20.1 Å². The molecule has 1 aromatic rings. The molecule has 2 heterocycles. The van der Waals surface area contributed by atoms with Crippen LogP contribution in [-0.4, -0.2) is 31.0 Å². The van der Waals surface area contributed by atoms with Crippen LogP contribution in [0.1, 0.15) is 37.4 Å². The summed E-state index contributed by atoms with van der Waals surface area (Å²) in [4.78, 5) is 6.72. The first-order chi connectivity index (χ1) is 8.91. The van der Waals surface area contributed by atoms with E-state index in [1.54, 1.807) is 0 Å². The molecule has 1 aromatic heterocycles.